The first-order valence-corrected chi connectivity index (χ1v) is 11.0. The fraction of sp³-hybridized carbons (Fsp3) is 0.259. The first-order chi connectivity index (χ1) is 15.2. The summed E-state index contributed by atoms with van der Waals surface area (Å²) in [5.74, 6) is 0.214. The molecule has 2 amide bonds. The quantitative estimate of drug-likeness (QED) is 0.690. The number of carbonyl (C=O) groups excluding carboxylic acids is 2. The highest BCUT2D eigenvalue weighted by Gasteiger charge is 2.45. The monoisotopic (exact) mass is 410 g/mol. The van der Waals surface area contributed by atoms with E-state index >= 15 is 0 Å². The molecule has 4 heteroatoms. The summed E-state index contributed by atoms with van der Waals surface area (Å²) in [6.45, 7) is 1.31. The van der Waals surface area contributed by atoms with Crippen LogP contribution in [0.3, 0.4) is 0 Å². The molecule has 0 aliphatic carbocycles. The van der Waals surface area contributed by atoms with E-state index in [1.807, 2.05) is 65.6 Å². The zero-order chi connectivity index (χ0) is 21.3. The summed E-state index contributed by atoms with van der Waals surface area (Å²) in [6, 6.07) is 28.3. The largest absolute Gasteiger partial charge is 0.342 e. The van der Waals surface area contributed by atoms with Crippen LogP contribution in [-0.4, -0.2) is 29.8 Å². The van der Waals surface area contributed by atoms with Gasteiger partial charge >= 0.3 is 0 Å². The molecule has 0 radical (unpaired) electrons. The third-order valence-corrected chi connectivity index (χ3v) is 6.79. The maximum Gasteiger partial charge on any atom is 0.252 e. The lowest BCUT2D eigenvalue weighted by molar-refractivity contribution is -0.133. The number of likely N-dealkylation sites (tertiary alicyclic amines) is 1. The molecule has 4 nitrogen and oxygen atoms in total. The van der Waals surface area contributed by atoms with E-state index in [2.05, 4.69) is 29.6 Å². The van der Waals surface area contributed by atoms with Gasteiger partial charge in [-0.1, -0.05) is 78.9 Å². The predicted octanol–water partition coefficient (Wildman–Crippen LogP) is 4.47. The van der Waals surface area contributed by atoms with E-state index in [1.165, 1.54) is 0 Å². The molecule has 1 saturated heterocycles. The second-order valence-electron chi connectivity index (χ2n) is 8.54. The van der Waals surface area contributed by atoms with Gasteiger partial charge in [0.05, 0.1) is 5.54 Å². The molecule has 2 aliphatic rings. The molecule has 3 aromatic rings. The van der Waals surface area contributed by atoms with Gasteiger partial charge in [0.2, 0.25) is 5.91 Å². The van der Waals surface area contributed by atoms with Crippen molar-refractivity contribution in [2.24, 2.45) is 0 Å². The Labute approximate surface area is 182 Å². The van der Waals surface area contributed by atoms with Crippen LogP contribution in [0.25, 0.3) is 0 Å². The smallest absolute Gasteiger partial charge is 0.252 e. The van der Waals surface area contributed by atoms with Crippen molar-refractivity contribution >= 4 is 11.8 Å². The highest BCUT2D eigenvalue weighted by molar-refractivity contribution is 6.00. The van der Waals surface area contributed by atoms with Crippen molar-refractivity contribution < 1.29 is 9.59 Å². The molecule has 2 heterocycles. The zero-order valence-electron chi connectivity index (χ0n) is 17.5. The minimum atomic E-state index is -0.331. The van der Waals surface area contributed by atoms with Gasteiger partial charge in [-0.15, -0.1) is 0 Å². The van der Waals surface area contributed by atoms with Gasteiger partial charge in [0.15, 0.2) is 0 Å². The van der Waals surface area contributed by atoms with Gasteiger partial charge < -0.3 is 10.2 Å². The first kappa shape index (κ1) is 19.6. The van der Waals surface area contributed by atoms with Crippen LogP contribution in [0.5, 0.6) is 0 Å². The number of benzene rings is 3. The van der Waals surface area contributed by atoms with Crippen LogP contribution < -0.4 is 5.32 Å². The van der Waals surface area contributed by atoms with Crippen molar-refractivity contribution in [3.8, 4) is 0 Å². The lowest BCUT2D eigenvalue weighted by Crippen LogP contribution is -2.50. The van der Waals surface area contributed by atoms with E-state index < -0.39 is 0 Å². The Kier molecular flexibility index (Phi) is 5.06. The Balaban J connectivity index is 1.32. The summed E-state index contributed by atoms with van der Waals surface area (Å²) in [7, 11) is 0. The maximum absolute atomic E-state index is 13.3. The van der Waals surface area contributed by atoms with Crippen molar-refractivity contribution in [2.45, 2.75) is 30.7 Å². The Morgan fingerprint density at radius 1 is 0.839 bits per heavy atom. The van der Waals surface area contributed by atoms with Gasteiger partial charge in [-0.2, -0.15) is 0 Å². The molecule has 0 atom stereocenters. The van der Waals surface area contributed by atoms with Crippen LogP contribution in [0.2, 0.25) is 0 Å². The minimum Gasteiger partial charge on any atom is -0.342 e. The molecule has 1 fully saturated rings. The number of piperidine rings is 1. The topological polar surface area (TPSA) is 49.4 Å². The average Bonchev–Trinajstić information content (AvgIpc) is 3.10. The van der Waals surface area contributed by atoms with Crippen molar-refractivity contribution in [3.63, 3.8) is 0 Å². The van der Waals surface area contributed by atoms with E-state index in [1.54, 1.807) is 0 Å². The lowest BCUT2D eigenvalue weighted by Gasteiger charge is -2.40. The molecule has 2 aliphatic heterocycles. The third-order valence-electron chi connectivity index (χ3n) is 6.79. The second kappa shape index (κ2) is 8.03. The Bertz CT molecular complexity index is 1050. The Morgan fingerprint density at radius 3 is 2.00 bits per heavy atom. The number of hydrogen-bond donors (Lipinski definition) is 1. The number of amides is 2. The van der Waals surface area contributed by atoms with Crippen LogP contribution in [-0.2, 0) is 10.3 Å². The van der Waals surface area contributed by atoms with Crippen LogP contribution in [0.15, 0.2) is 84.9 Å². The second-order valence-corrected chi connectivity index (χ2v) is 8.54. The number of hydrogen-bond acceptors (Lipinski definition) is 2. The van der Waals surface area contributed by atoms with Crippen LogP contribution >= 0.6 is 0 Å². The molecule has 3 aromatic carbocycles. The summed E-state index contributed by atoms with van der Waals surface area (Å²) < 4.78 is 0. The Morgan fingerprint density at radius 2 is 1.39 bits per heavy atom. The van der Waals surface area contributed by atoms with E-state index in [0.29, 0.717) is 19.5 Å². The maximum atomic E-state index is 13.3. The molecule has 156 valence electrons. The molecule has 31 heavy (non-hydrogen) atoms. The molecule has 0 aromatic heterocycles. The molecule has 0 unspecified atom stereocenters. The number of nitrogens with one attached hydrogen (secondary N) is 1. The van der Waals surface area contributed by atoms with Crippen LogP contribution in [0, 0.1) is 0 Å². The van der Waals surface area contributed by atoms with Gasteiger partial charge in [0.1, 0.15) is 0 Å². The third kappa shape index (κ3) is 3.63. The van der Waals surface area contributed by atoms with Crippen molar-refractivity contribution in [2.75, 3.05) is 13.1 Å². The fourth-order valence-electron chi connectivity index (χ4n) is 5.09. The number of nitrogens with zero attached hydrogens (tertiary/aromatic N) is 1. The van der Waals surface area contributed by atoms with Gasteiger partial charge in [-0.05, 0) is 35.6 Å². The highest BCUT2D eigenvalue weighted by Crippen LogP contribution is 2.40. The predicted molar refractivity (Wildman–Crippen MR) is 121 cm³/mol. The van der Waals surface area contributed by atoms with Gasteiger partial charge in [0.25, 0.3) is 5.91 Å². The van der Waals surface area contributed by atoms with Gasteiger partial charge in [0, 0.05) is 31.0 Å². The molecule has 1 spiro atoms. The summed E-state index contributed by atoms with van der Waals surface area (Å²) in [5, 5.41) is 3.21. The molecule has 1 N–H and O–H groups in total. The SMILES string of the molecule is O=C1NC2(CCN(C(=O)CC(c3ccccc3)c3ccccc3)CC2)c2ccccc21. The number of rotatable bonds is 4. The minimum absolute atomic E-state index is 0.00333. The van der Waals surface area contributed by atoms with Crippen molar-refractivity contribution in [3.05, 3.63) is 107 Å². The standard InChI is InChI=1S/C27H26N2O2/c30-25(19-23(20-9-3-1-4-10-20)21-11-5-2-6-12-21)29-17-15-27(16-18-29)24-14-8-7-13-22(24)26(31)28-27/h1-14,23H,15-19H2,(H,28,31). The van der Waals surface area contributed by atoms with E-state index in [9.17, 15) is 9.59 Å². The van der Waals surface area contributed by atoms with Crippen LogP contribution in [0.4, 0.5) is 0 Å². The van der Waals surface area contributed by atoms with Crippen molar-refractivity contribution in [1.29, 1.82) is 0 Å². The summed E-state index contributed by atoms with van der Waals surface area (Å²) >= 11 is 0. The lowest BCUT2D eigenvalue weighted by atomic mass is 9.81. The molecule has 5 rings (SSSR count). The zero-order valence-corrected chi connectivity index (χ0v) is 17.5. The van der Waals surface area contributed by atoms with Gasteiger partial charge in [-0.3, -0.25) is 9.59 Å². The fourth-order valence-corrected chi connectivity index (χ4v) is 5.09. The first-order valence-electron chi connectivity index (χ1n) is 11.0. The highest BCUT2D eigenvalue weighted by atomic mass is 16.2. The normalized spacial score (nSPS) is 16.9. The average molecular weight is 411 g/mol. The van der Waals surface area contributed by atoms with E-state index in [4.69, 9.17) is 0 Å². The number of carbonyl (C=O) groups is 2. The van der Waals surface area contributed by atoms with Crippen LogP contribution in [0.1, 0.15) is 52.2 Å². The number of fused-ring (bicyclic) bond motifs is 2. The summed E-state index contributed by atoms with van der Waals surface area (Å²) in [4.78, 5) is 27.7. The molecule has 0 saturated carbocycles. The summed E-state index contributed by atoms with van der Waals surface area (Å²) in [5.41, 5.74) is 3.84. The Hall–Kier alpha value is -3.40. The van der Waals surface area contributed by atoms with E-state index in [-0.39, 0.29) is 23.3 Å². The van der Waals surface area contributed by atoms with Gasteiger partial charge in [-0.25, -0.2) is 0 Å². The molecular weight excluding hydrogens is 384 g/mol. The van der Waals surface area contributed by atoms with E-state index in [0.717, 1.165) is 35.1 Å². The molecule has 0 bridgehead atoms. The van der Waals surface area contributed by atoms with Crippen molar-refractivity contribution in [1.82, 2.24) is 10.2 Å². The summed E-state index contributed by atoms with van der Waals surface area (Å²) in [6.07, 6.45) is 1.95. The molecular formula is C27H26N2O2.